The highest BCUT2D eigenvalue weighted by Crippen LogP contribution is 2.30. The van der Waals surface area contributed by atoms with Crippen LogP contribution in [-0.4, -0.2) is 23.1 Å². The van der Waals surface area contributed by atoms with E-state index in [2.05, 4.69) is 25.5 Å². The molecule has 0 aliphatic carbocycles. The molecule has 3 rings (SSSR count). The summed E-state index contributed by atoms with van der Waals surface area (Å²) in [6.07, 6.45) is 0. The highest BCUT2D eigenvalue weighted by atomic mass is 32.2. The second kappa shape index (κ2) is 7.39. The molecule has 30 heavy (non-hydrogen) atoms. The third-order valence-corrected chi connectivity index (χ3v) is 6.52. The molecule has 0 unspecified atom stereocenters. The van der Waals surface area contributed by atoms with E-state index in [4.69, 9.17) is 0 Å². The molecule has 0 saturated heterocycles. The molecule has 0 amide bonds. The second-order valence-electron chi connectivity index (χ2n) is 10.0. The first-order valence-corrected chi connectivity index (χ1v) is 11.5. The second-order valence-corrected chi connectivity index (χ2v) is 11.7. The number of hydrogen-bond acceptors (Lipinski definition) is 3. The summed E-state index contributed by atoms with van der Waals surface area (Å²) >= 11 is 0. The van der Waals surface area contributed by atoms with E-state index in [1.165, 1.54) is 0 Å². The number of benzene rings is 2. The first kappa shape index (κ1) is 22.3. The zero-order valence-corrected chi connectivity index (χ0v) is 19.6. The number of hydrogen-bond donors (Lipinski definition) is 1. The Balaban J connectivity index is 2.19. The highest BCUT2D eigenvalue weighted by molar-refractivity contribution is 7.89. The van der Waals surface area contributed by atoms with Crippen LogP contribution < -0.4 is 10.4 Å². The first-order chi connectivity index (χ1) is 13.7. The zero-order valence-electron chi connectivity index (χ0n) is 18.8. The predicted octanol–water partition coefficient (Wildman–Crippen LogP) is 4.13. The Morgan fingerprint density at radius 2 is 1.57 bits per heavy atom. The van der Waals surface area contributed by atoms with Crippen molar-refractivity contribution in [1.82, 2.24) is 13.9 Å². The summed E-state index contributed by atoms with van der Waals surface area (Å²) in [5.74, 6) is 0. The molecule has 2 aromatic carbocycles. The summed E-state index contributed by atoms with van der Waals surface area (Å²) in [6, 6.07) is 12.6. The molecule has 0 aliphatic heterocycles. The maximum atomic E-state index is 13.0. The molecule has 162 valence electrons. The summed E-state index contributed by atoms with van der Waals surface area (Å²) in [5, 5.41) is 0. The molecular weight excluding hydrogens is 398 g/mol. The Morgan fingerprint density at radius 1 is 0.933 bits per heavy atom. The van der Waals surface area contributed by atoms with E-state index < -0.39 is 15.6 Å². The Kier molecular flexibility index (Phi) is 5.50. The topological polar surface area (TPSA) is 73.1 Å². The number of fused-ring (bicyclic) bond motifs is 1. The van der Waals surface area contributed by atoms with Gasteiger partial charge in [0.1, 0.15) is 0 Å². The minimum atomic E-state index is -3.71. The third-order valence-electron chi connectivity index (χ3n) is 4.71. The van der Waals surface area contributed by atoms with Crippen molar-refractivity contribution < 1.29 is 8.42 Å². The Hall–Kier alpha value is -2.38. The molecule has 0 spiro atoms. The van der Waals surface area contributed by atoms with Gasteiger partial charge in [-0.1, -0.05) is 45.0 Å². The summed E-state index contributed by atoms with van der Waals surface area (Å²) < 4.78 is 32.2. The van der Waals surface area contributed by atoms with Crippen LogP contribution in [0.5, 0.6) is 0 Å². The van der Waals surface area contributed by atoms with Crippen molar-refractivity contribution in [1.29, 1.82) is 0 Å². The fourth-order valence-electron chi connectivity index (χ4n) is 3.60. The zero-order chi connectivity index (χ0) is 22.5. The van der Waals surface area contributed by atoms with E-state index >= 15 is 0 Å². The van der Waals surface area contributed by atoms with Crippen LogP contribution in [0.3, 0.4) is 0 Å². The van der Waals surface area contributed by atoms with Crippen molar-refractivity contribution in [3.8, 4) is 11.1 Å². The van der Waals surface area contributed by atoms with Gasteiger partial charge in [-0.05, 0) is 49.9 Å². The lowest BCUT2D eigenvalue weighted by atomic mass is 9.97. The van der Waals surface area contributed by atoms with Crippen LogP contribution in [0.25, 0.3) is 22.2 Å². The number of nitrogens with zero attached hydrogens (tertiary/aromatic N) is 2. The number of imidazole rings is 1. The molecule has 0 bridgehead atoms. The third kappa shape index (κ3) is 4.52. The molecular formula is C23H31N3O3S. The molecule has 0 atom stereocenters. The SMILES string of the molecule is Cn1c(=O)n(CC(C)(C)C)c2ccc(-c3ccccc3S(=O)(=O)NC(C)(C)C)cc21. The van der Waals surface area contributed by atoms with Gasteiger partial charge in [-0.3, -0.25) is 9.13 Å². The molecule has 1 N–H and O–H groups in total. The summed E-state index contributed by atoms with van der Waals surface area (Å²) in [7, 11) is -1.96. The van der Waals surface area contributed by atoms with Crippen LogP contribution >= 0.6 is 0 Å². The quantitative estimate of drug-likeness (QED) is 0.678. The Bertz CT molecular complexity index is 1250. The average Bonchev–Trinajstić information content (AvgIpc) is 2.83. The lowest BCUT2D eigenvalue weighted by Gasteiger charge is -2.21. The van der Waals surface area contributed by atoms with E-state index in [0.29, 0.717) is 12.1 Å². The van der Waals surface area contributed by atoms with Crippen LogP contribution in [0, 0.1) is 5.41 Å². The van der Waals surface area contributed by atoms with Crippen molar-refractivity contribution >= 4 is 21.1 Å². The Morgan fingerprint density at radius 3 is 2.17 bits per heavy atom. The van der Waals surface area contributed by atoms with Crippen LogP contribution in [0.2, 0.25) is 0 Å². The molecule has 0 radical (unpaired) electrons. The number of nitrogens with one attached hydrogen (secondary N) is 1. The van der Waals surface area contributed by atoms with E-state index in [9.17, 15) is 13.2 Å². The van der Waals surface area contributed by atoms with E-state index in [1.807, 2.05) is 45.0 Å². The van der Waals surface area contributed by atoms with Gasteiger partial charge in [0.2, 0.25) is 10.0 Å². The number of aryl methyl sites for hydroxylation is 1. The molecule has 6 nitrogen and oxygen atoms in total. The minimum Gasteiger partial charge on any atom is -0.295 e. The van der Waals surface area contributed by atoms with Gasteiger partial charge in [-0.15, -0.1) is 0 Å². The lowest BCUT2D eigenvalue weighted by Crippen LogP contribution is -2.40. The van der Waals surface area contributed by atoms with Gasteiger partial charge in [0, 0.05) is 24.7 Å². The molecule has 7 heteroatoms. The van der Waals surface area contributed by atoms with Crippen LogP contribution in [0.15, 0.2) is 52.2 Å². The van der Waals surface area contributed by atoms with Gasteiger partial charge in [-0.25, -0.2) is 17.9 Å². The normalized spacial score (nSPS) is 13.2. The first-order valence-electron chi connectivity index (χ1n) is 10.0. The average molecular weight is 430 g/mol. The van der Waals surface area contributed by atoms with Gasteiger partial charge in [-0.2, -0.15) is 0 Å². The summed E-state index contributed by atoms with van der Waals surface area (Å²) in [4.78, 5) is 13.0. The van der Waals surface area contributed by atoms with Crippen molar-refractivity contribution in [3.05, 3.63) is 52.9 Å². The van der Waals surface area contributed by atoms with Crippen molar-refractivity contribution in [2.75, 3.05) is 0 Å². The van der Waals surface area contributed by atoms with E-state index in [1.54, 1.807) is 34.4 Å². The van der Waals surface area contributed by atoms with Gasteiger partial charge >= 0.3 is 5.69 Å². The van der Waals surface area contributed by atoms with Crippen molar-refractivity contribution in [3.63, 3.8) is 0 Å². The highest BCUT2D eigenvalue weighted by Gasteiger charge is 2.25. The van der Waals surface area contributed by atoms with Crippen LogP contribution in [-0.2, 0) is 23.6 Å². The van der Waals surface area contributed by atoms with Gasteiger partial charge in [0.15, 0.2) is 0 Å². The molecule has 0 fully saturated rings. The number of aromatic nitrogens is 2. The van der Waals surface area contributed by atoms with E-state index in [-0.39, 0.29) is 16.0 Å². The molecule has 1 heterocycles. The minimum absolute atomic E-state index is 0.0456. The molecule has 0 aliphatic rings. The lowest BCUT2D eigenvalue weighted by molar-refractivity contribution is 0.342. The van der Waals surface area contributed by atoms with Crippen molar-refractivity contribution in [2.24, 2.45) is 12.5 Å². The van der Waals surface area contributed by atoms with Crippen LogP contribution in [0.1, 0.15) is 41.5 Å². The monoisotopic (exact) mass is 429 g/mol. The van der Waals surface area contributed by atoms with Gasteiger partial charge < -0.3 is 0 Å². The fraction of sp³-hybridized carbons (Fsp3) is 0.435. The number of rotatable bonds is 4. The smallest absolute Gasteiger partial charge is 0.295 e. The maximum Gasteiger partial charge on any atom is 0.328 e. The largest absolute Gasteiger partial charge is 0.328 e. The van der Waals surface area contributed by atoms with Gasteiger partial charge in [0.25, 0.3) is 0 Å². The fourth-order valence-corrected chi connectivity index (χ4v) is 5.25. The maximum absolute atomic E-state index is 13.0. The Labute approximate surface area is 178 Å². The summed E-state index contributed by atoms with van der Waals surface area (Å²) in [6.45, 7) is 12.3. The predicted molar refractivity (Wildman–Crippen MR) is 122 cm³/mol. The van der Waals surface area contributed by atoms with Crippen LogP contribution in [0.4, 0.5) is 0 Å². The number of sulfonamides is 1. The molecule has 3 aromatic rings. The standard InChI is InChI=1S/C23H31N3O3S/c1-22(2,3)15-26-18-13-12-16(14-19(18)25(7)21(26)27)17-10-8-9-11-20(17)30(28,29)24-23(4,5)6/h8-14,24H,15H2,1-7H3. The van der Waals surface area contributed by atoms with E-state index in [0.717, 1.165) is 16.6 Å². The summed E-state index contributed by atoms with van der Waals surface area (Å²) in [5.41, 5.74) is 2.26. The molecule has 1 aromatic heterocycles. The van der Waals surface area contributed by atoms with Crippen molar-refractivity contribution in [2.45, 2.75) is 58.5 Å². The van der Waals surface area contributed by atoms with Gasteiger partial charge in [0.05, 0.1) is 15.9 Å². The molecule has 0 saturated carbocycles.